The van der Waals surface area contributed by atoms with Crippen LogP contribution in [0.2, 0.25) is 0 Å². The Labute approximate surface area is 141 Å². The maximum atomic E-state index is 11.0. The predicted molar refractivity (Wildman–Crippen MR) is 69.2 cm³/mol. The molecule has 0 aromatic heterocycles. The van der Waals surface area contributed by atoms with E-state index in [0.717, 1.165) is 5.56 Å². The number of carbonyl (C=O) groups excluding carboxylic acids is 1. The third-order valence-corrected chi connectivity index (χ3v) is 2.29. The van der Waals surface area contributed by atoms with E-state index in [1.54, 1.807) is 7.11 Å². The first-order valence-corrected chi connectivity index (χ1v) is 5.53. The van der Waals surface area contributed by atoms with Gasteiger partial charge in [0.2, 0.25) is 0 Å². The molecule has 0 saturated heterocycles. The van der Waals surface area contributed by atoms with Gasteiger partial charge in [0.25, 0.3) is 0 Å². The Morgan fingerprint density at radius 3 is 1.86 bits per heavy atom. The van der Waals surface area contributed by atoms with Gasteiger partial charge in [0.1, 0.15) is 0 Å². The van der Waals surface area contributed by atoms with E-state index in [0.29, 0.717) is 12.8 Å². The summed E-state index contributed by atoms with van der Waals surface area (Å²) in [5.74, 6) is -0.201. The number of esters is 1. The maximum Gasteiger partial charge on any atom is 0 e. The fourth-order valence-electron chi connectivity index (χ4n) is 1.44. The van der Waals surface area contributed by atoms with E-state index in [1.165, 1.54) is 7.11 Å². The molecule has 6 nitrogen and oxygen atoms in total. The SMILES string of the molecule is COC(=O)CC[C@@H](OC)c1ccccc1.[C-]#[O+].[C-]#[O+].[C-]#[O+].[Cr]. The molecule has 0 saturated carbocycles. The molecule has 1 aromatic carbocycles. The van der Waals surface area contributed by atoms with Crippen LogP contribution in [0, 0.1) is 20.0 Å². The molecule has 0 unspecified atom stereocenters. The third kappa shape index (κ3) is 14.8. The molecule has 0 spiro atoms. The van der Waals surface area contributed by atoms with Crippen molar-refractivity contribution >= 4 is 5.97 Å². The maximum absolute atomic E-state index is 11.0. The van der Waals surface area contributed by atoms with Gasteiger partial charge in [-0.05, 0) is 12.0 Å². The van der Waals surface area contributed by atoms with Gasteiger partial charge in [-0.1, -0.05) is 30.3 Å². The van der Waals surface area contributed by atoms with Gasteiger partial charge in [-0.15, -0.1) is 0 Å². The Balaban J connectivity index is -0.000000206. The normalized spacial score (nSPS) is 8.55. The summed E-state index contributed by atoms with van der Waals surface area (Å²) in [6.45, 7) is 13.5. The van der Waals surface area contributed by atoms with E-state index in [2.05, 4.69) is 24.7 Å². The second kappa shape index (κ2) is 24.4. The molecule has 0 heterocycles. The van der Waals surface area contributed by atoms with Gasteiger partial charge in [-0.3, -0.25) is 4.79 Å². The molecule has 0 bridgehead atoms. The van der Waals surface area contributed by atoms with Crippen molar-refractivity contribution in [1.82, 2.24) is 0 Å². The van der Waals surface area contributed by atoms with Crippen molar-refractivity contribution in [2.45, 2.75) is 18.9 Å². The molecule has 7 heteroatoms. The molecule has 1 atom stereocenters. The average Bonchev–Trinajstić information content (AvgIpc) is 2.61. The van der Waals surface area contributed by atoms with E-state index >= 15 is 0 Å². The molecular formula is C15H16CrO6. The van der Waals surface area contributed by atoms with Gasteiger partial charge in [-0.2, -0.15) is 0 Å². The van der Waals surface area contributed by atoms with E-state index in [4.69, 9.17) is 18.7 Å². The van der Waals surface area contributed by atoms with Crippen molar-refractivity contribution in [3.63, 3.8) is 0 Å². The van der Waals surface area contributed by atoms with Crippen LogP contribution in [0.5, 0.6) is 0 Å². The van der Waals surface area contributed by atoms with Crippen LogP contribution in [0.1, 0.15) is 24.5 Å². The molecular weight excluding hydrogens is 328 g/mol. The van der Waals surface area contributed by atoms with Crippen molar-refractivity contribution in [3.05, 3.63) is 55.8 Å². The number of benzene rings is 1. The molecule has 1 rings (SSSR count). The first kappa shape index (κ1) is 28.5. The molecule has 1 aromatic rings. The van der Waals surface area contributed by atoms with Crippen molar-refractivity contribution in [3.8, 4) is 0 Å². The van der Waals surface area contributed by atoms with Crippen LogP contribution in [0.25, 0.3) is 0 Å². The first-order valence-electron chi connectivity index (χ1n) is 5.53. The summed E-state index contributed by atoms with van der Waals surface area (Å²) in [6, 6.07) is 9.85. The summed E-state index contributed by atoms with van der Waals surface area (Å²) in [5.41, 5.74) is 1.09. The molecule has 22 heavy (non-hydrogen) atoms. The van der Waals surface area contributed by atoms with Crippen molar-refractivity contribution in [1.29, 1.82) is 0 Å². The minimum atomic E-state index is -0.201. The van der Waals surface area contributed by atoms with Crippen molar-refractivity contribution in [2.24, 2.45) is 0 Å². The zero-order valence-corrected chi connectivity index (χ0v) is 13.5. The summed E-state index contributed by atoms with van der Waals surface area (Å²) in [5, 5.41) is 0. The Hall–Kier alpha value is -1.60. The largest absolute Gasteiger partial charge is 0 e. The number of rotatable bonds is 5. The van der Waals surface area contributed by atoms with Crippen LogP contribution in [-0.4, -0.2) is 20.2 Å². The second-order valence-electron chi connectivity index (χ2n) is 3.25. The zero-order chi connectivity index (χ0) is 17.1. The number of ether oxygens (including phenoxy) is 2. The molecule has 118 valence electrons. The van der Waals surface area contributed by atoms with Crippen LogP contribution < -0.4 is 0 Å². The monoisotopic (exact) mass is 344 g/mol. The first-order chi connectivity index (χ1) is 10.3. The van der Waals surface area contributed by atoms with Crippen LogP contribution in [0.3, 0.4) is 0 Å². The van der Waals surface area contributed by atoms with Gasteiger partial charge in [0.05, 0.1) is 13.2 Å². The van der Waals surface area contributed by atoms with Crippen molar-refractivity contribution < 1.29 is 45.6 Å². The average molecular weight is 344 g/mol. The number of hydrogen-bond acceptors (Lipinski definition) is 3. The molecule has 0 amide bonds. The van der Waals surface area contributed by atoms with Crippen LogP contribution in [-0.2, 0) is 45.6 Å². The summed E-state index contributed by atoms with van der Waals surface area (Å²) in [6.07, 6.45) is 0.988. The smallest absolute Gasteiger partial charge is 0 e. The number of methoxy groups -OCH3 is 2. The molecule has 0 aliphatic rings. The van der Waals surface area contributed by atoms with Gasteiger partial charge < -0.3 is 9.47 Å². The summed E-state index contributed by atoms with van der Waals surface area (Å²) in [7, 11) is 3.04. The van der Waals surface area contributed by atoms with Crippen LogP contribution >= 0.6 is 0 Å². The summed E-state index contributed by atoms with van der Waals surface area (Å²) >= 11 is 0. The Morgan fingerprint density at radius 2 is 1.50 bits per heavy atom. The number of hydrogen-bond donors (Lipinski definition) is 0. The molecule has 0 N–H and O–H groups in total. The third-order valence-electron chi connectivity index (χ3n) is 2.29. The predicted octanol–water partition coefficient (Wildman–Crippen LogP) is 2.21. The van der Waals surface area contributed by atoms with Crippen molar-refractivity contribution in [2.75, 3.05) is 14.2 Å². The molecule has 0 fully saturated rings. The van der Waals surface area contributed by atoms with Gasteiger partial charge >= 0.3 is 39.9 Å². The second-order valence-corrected chi connectivity index (χ2v) is 3.25. The molecule has 0 radical (unpaired) electrons. The Bertz CT molecular complexity index is 399. The summed E-state index contributed by atoms with van der Waals surface area (Å²) in [4.78, 5) is 11.0. The number of carbonyl (C=O) groups is 1. The standard InChI is InChI=1S/C12H16O3.3CO.Cr/c1-14-11(8-9-12(13)15-2)10-6-4-3-5-7-10;3*1-2;/h3-7,11H,8-9H2,1-2H3;;;;/t11-;;;;/m1..../s1. The Kier molecular flexibility index (Phi) is 31.7. The van der Waals surface area contributed by atoms with Crippen LogP contribution in [0.15, 0.2) is 30.3 Å². The van der Waals surface area contributed by atoms with Gasteiger partial charge in [0.15, 0.2) is 0 Å². The van der Waals surface area contributed by atoms with E-state index in [-0.39, 0.29) is 29.4 Å². The van der Waals surface area contributed by atoms with E-state index in [9.17, 15) is 4.79 Å². The quantitative estimate of drug-likeness (QED) is 0.465. The van der Waals surface area contributed by atoms with Gasteiger partial charge in [0, 0.05) is 30.9 Å². The Morgan fingerprint density at radius 1 is 1.05 bits per heavy atom. The molecule has 0 aliphatic carbocycles. The van der Waals surface area contributed by atoms with E-state index in [1.807, 2.05) is 30.3 Å². The molecule has 0 aliphatic heterocycles. The fraction of sp³-hybridized carbons (Fsp3) is 0.333. The van der Waals surface area contributed by atoms with Crippen LogP contribution in [0.4, 0.5) is 0 Å². The zero-order valence-electron chi connectivity index (χ0n) is 12.2. The fourth-order valence-corrected chi connectivity index (χ4v) is 1.44. The van der Waals surface area contributed by atoms with Gasteiger partial charge in [-0.25, -0.2) is 0 Å². The summed E-state index contributed by atoms with van der Waals surface area (Å²) < 4.78 is 32.4. The minimum absolute atomic E-state index is 0. The minimum Gasteiger partial charge on any atom is 0 e. The topological polar surface area (TPSA) is 95.2 Å². The van der Waals surface area contributed by atoms with E-state index < -0.39 is 0 Å².